The van der Waals surface area contributed by atoms with Crippen molar-refractivity contribution in [2.24, 2.45) is 0 Å². The SMILES string of the molecule is CN(Cc1ccccc1)C(=O)c1ccc(N2CCNC(c3ccccc3)C2)nc1. The van der Waals surface area contributed by atoms with Crippen LogP contribution >= 0.6 is 0 Å². The molecule has 1 aliphatic heterocycles. The van der Waals surface area contributed by atoms with Crippen LogP contribution in [0.25, 0.3) is 0 Å². The summed E-state index contributed by atoms with van der Waals surface area (Å²) in [6.07, 6.45) is 1.69. The van der Waals surface area contributed by atoms with Crippen LogP contribution in [-0.2, 0) is 6.54 Å². The Kier molecular flexibility index (Phi) is 5.86. The van der Waals surface area contributed by atoms with E-state index >= 15 is 0 Å². The lowest BCUT2D eigenvalue weighted by molar-refractivity contribution is 0.0784. The Hall–Kier alpha value is -3.18. The Bertz CT molecular complexity index is 928. The lowest BCUT2D eigenvalue weighted by Gasteiger charge is -2.34. The summed E-state index contributed by atoms with van der Waals surface area (Å²) in [5.74, 6) is 0.894. The van der Waals surface area contributed by atoms with E-state index in [-0.39, 0.29) is 11.9 Å². The fraction of sp³-hybridized carbons (Fsp3) is 0.250. The summed E-state index contributed by atoms with van der Waals surface area (Å²) in [5.41, 5.74) is 3.01. The highest BCUT2D eigenvalue weighted by Crippen LogP contribution is 2.21. The van der Waals surface area contributed by atoms with Gasteiger partial charge in [0, 0.05) is 45.5 Å². The van der Waals surface area contributed by atoms with Crippen molar-refractivity contribution in [2.75, 3.05) is 31.6 Å². The van der Waals surface area contributed by atoms with E-state index in [0.29, 0.717) is 12.1 Å². The number of hydrogen-bond donors (Lipinski definition) is 1. The van der Waals surface area contributed by atoms with Crippen LogP contribution in [0.2, 0.25) is 0 Å². The van der Waals surface area contributed by atoms with E-state index < -0.39 is 0 Å². The predicted octanol–water partition coefficient (Wildman–Crippen LogP) is 3.50. The second kappa shape index (κ2) is 8.88. The fourth-order valence-electron chi connectivity index (χ4n) is 3.72. The molecule has 2 heterocycles. The van der Waals surface area contributed by atoms with Gasteiger partial charge in [-0.05, 0) is 23.3 Å². The van der Waals surface area contributed by atoms with Crippen molar-refractivity contribution in [1.29, 1.82) is 0 Å². The van der Waals surface area contributed by atoms with Gasteiger partial charge in [-0.3, -0.25) is 4.79 Å². The minimum Gasteiger partial charge on any atom is -0.353 e. The summed E-state index contributed by atoms with van der Waals surface area (Å²) in [6.45, 7) is 3.25. The Morgan fingerprint density at radius 2 is 1.79 bits per heavy atom. The molecule has 0 bridgehead atoms. The molecule has 1 amide bonds. The highest BCUT2D eigenvalue weighted by molar-refractivity contribution is 5.93. The summed E-state index contributed by atoms with van der Waals surface area (Å²) in [5, 5.41) is 3.57. The molecule has 1 atom stereocenters. The van der Waals surface area contributed by atoms with Gasteiger partial charge in [0.1, 0.15) is 5.82 Å². The molecule has 0 radical (unpaired) electrons. The summed E-state index contributed by atoms with van der Waals surface area (Å²) in [6, 6.07) is 24.6. The van der Waals surface area contributed by atoms with Crippen LogP contribution in [0.5, 0.6) is 0 Å². The molecule has 5 heteroatoms. The molecule has 148 valence electrons. The number of carbonyl (C=O) groups excluding carboxylic acids is 1. The number of anilines is 1. The molecule has 4 rings (SSSR count). The van der Waals surface area contributed by atoms with E-state index in [4.69, 9.17) is 0 Å². The molecule has 0 spiro atoms. The standard InChI is InChI=1S/C24H26N4O/c1-27(17-19-8-4-2-5-9-19)24(29)21-12-13-23(26-16-21)28-15-14-25-22(18-28)20-10-6-3-7-11-20/h2-13,16,22,25H,14-15,17-18H2,1H3. The zero-order chi connectivity index (χ0) is 20.1. The molecule has 2 aromatic carbocycles. The molecular formula is C24H26N4O. The maximum atomic E-state index is 12.7. The molecule has 1 aromatic heterocycles. The number of rotatable bonds is 5. The minimum absolute atomic E-state index is 0.0182. The smallest absolute Gasteiger partial charge is 0.255 e. The molecule has 1 saturated heterocycles. The Balaban J connectivity index is 1.41. The number of amides is 1. The zero-order valence-electron chi connectivity index (χ0n) is 16.7. The summed E-state index contributed by atoms with van der Waals surface area (Å²) >= 11 is 0. The molecule has 1 aliphatic rings. The minimum atomic E-state index is -0.0182. The number of hydrogen-bond acceptors (Lipinski definition) is 4. The van der Waals surface area contributed by atoms with Gasteiger partial charge < -0.3 is 15.1 Å². The molecular weight excluding hydrogens is 360 g/mol. The van der Waals surface area contributed by atoms with Crippen molar-refractivity contribution < 1.29 is 4.79 Å². The van der Waals surface area contributed by atoms with Crippen LogP contribution in [0, 0.1) is 0 Å². The second-order valence-corrected chi connectivity index (χ2v) is 7.42. The third-order valence-electron chi connectivity index (χ3n) is 5.31. The van der Waals surface area contributed by atoms with Gasteiger partial charge in [-0.2, -0.15) is 0 Å². The molecule has 3 aromatic rings. The zero-order valence-corrected chi connectivity index (χ0v) is 16.7. The first-order valence-corrected chi connectivity index (χ1v) is 9.99. The third-order valence-corrected chi connectivity index (χ3v) is 5.31. The van der Waals surface area contributed by atoms with E-state index in [1.165, 1.54) is 5.56 Å². The van der Waals surface area contributed by atoms with Crippen molar-refractivity contribution in [3.63, 3.8) is 0 Å². The van der Waals surface area contributed by atoms with Gasteiger partial charge in [0.05, 0.1) is 5.56 Å². The number of carbonyl (C=O) groups is 1. The van der Waals surface area contributed by atoms with Gasteiger partial charge in [0.25, 0.3) is 5.91 Å². The van der Waals surface area contributed by atoms with Crippen molar-refractivity contribution >= 4 is 11.7 Å². The third kappa shape index (κ3) is 4.63. The normalized spacial score (nSPS) is 16.4. The van der Waals surface area contributed by atoms with Gasteiger partial charge in [-0.1, -0.05) is 60.7 Å². The van der Waals surface area contributed by atoms with Gasteiger partial charge in [0.15, 0.2) is 0 Å². The van der Waals surface area contributed by atoms with Crippen molar-refractivity contribution in [3.8, 4) is 0 Å². The van der Waals surface area contributed by atoms with Crippen LogP contribution in [0.3, 0.4) is 0 Å². The first-order valence-electron chi connectivity index (χ1n) is 9.99. The van der Waals surface area contributed by atoms with E-state index in [9.17, 15) is 4.79 Å². The maximum Gasteiger partial charge on any atom is 0.255 e. The fourth-order valence-corrected chi connectivity index (χ4v) is 3.72. The van der Waals surface area contributed by atoms with E-state index in [1.54, 1.807) is 11.1 Å². The monoisotopic (exact) mass is 386 g/mol. The number of nitrogens with zero attached hydrogens (tertiary/aromatic N) is 3. The first-order chi connectivity index (χ1) is 14.2. The van der Waals surface area contributed by atoms with Gasteiger partial charge in [-0.15, -0.1) is 0 Å². The summed E-state index contributed by atoms with van der Waals surface area (Å²) in [7, 11) is 1.82. The molecule has 5 nitrogen and oxygen atoms in total. The molecule has 0 aliphatic carbocycles. The van der Waals surface area contributed by atoms with Gasteiger partial charge >= 0.3 is 0 Å². The number of piperazine rings is 1. The van der Waals surface area contributed by atoms with Crippen LogP contribution in [0.1, 0.15) is 27.5 Å². The van der Waals surface area contributed by atoms with Crippen LogP contribution < -0.4 is 10.2 Å². The van der Waals surface area contributed by atoms with Gasteiger partial charge in [-0.25, -0.2) is 4.98 Å². The quantitative estimate of drug-likeness (QED) is 0.729. The van der Waals surface area contributed by atoms with E-state index in [0.717, 1.165) is 31.0 Å². The highest BCUT2D eigenvalue weighted by Gasteiger charge is 2.22. The van der Waals surface area contributed by atoms with Crippen molar-refractivity contribution in [3.05, 3.63) is 95.7 Å². The van der Waals surface area contributed by atoms with Crippen LogP contribution in [0.4, 0.5) is 5.82 Å². The maximum absolute atomic E-state index is 12.7. The highest BCUT2D eigenvalue weighted by atomic mass is 16.2. The van der Waals surface area contributed by atoms with Crippen LogP contribution in [-0.4, -0.2) is 42.5 Å². The van der Waals surface area contributed by atoms with Crippen molar-refractivity contribution in [2.45, 2.75) is 12.6 Å². The van der Waals surface area contributed by atoms with Crippen molar-refractivity contribution in [1.82, 2.24) is 15.2 Å². The largest absolute Gasteiger partial charge is 0.353 e. The Morgan fingerprint density at radius 3 is 2.48 bits per heavy atom. The summed E-state index contributed by atoms with van der Waals surface area (Å²) in [4.78, 5) is 21.3. The molecule has 1 N–H and O–H groups in total. The predicted molar refractivity (Wildman–Crippen MR) is 116 cm³/mol. The van der Waals surface area contributed by atoms with Gasteiger partial charge in [0.2, 0.25) is 0 Å². The van der Waals surface area contributed by atoms with E-state index in [2.05, 4.69) is 39.5 Å². The lowest BCUT2D eigenvalue weighted by atomic mass is 10.0. The Morgan fingerprint density at radius 1 is 1.07 bits per heavy atom. The van der Waals surface area contributed by atoms with Crippen LogP contribution in [0.15, 0.2) is 79.0 Å². The number of benzene rings is 2. The average Bonchev–Trinajstić information content (AvgIpc) is 2.80. The molecule has 0 saturated carbocycles. The number of aromatic nitrogens is 1. The molecule has 1 fully saturated rings. The second-order valence-electron chi connectivity index (χ2n) is 7.42. The molecule has 1 unspecified atom stereocenters. The Labute approximate surface area is 172 Å². The topological polar surface area (TPSA) is 48.5 Å². The number of pyridine rings is 1. The van der Waals surface area contributed by atoms with E-state index in [1.807, 2.05) is 55.6 Å². The molecule has 29 heavy (non-hydrogen) atoms. The lowest BCUT2D eigenvalue weighted by Crippen LogP contribution is -2.46. The summed E-state index contributed by atoms with van der Waals surface area (Å²) < 4.78 is 0. The number of nitrogens with one attached hydrogen (secondary N) is 1. The average molecular weight is 386 g/mol. The first kappa shape index (κ1) is 19.2.